The lowest BCUT2D eigenvalue weighted by molar-refractivity contribution is -0.147. The Balaban J connectivity index is 1.55. The first-order valence-corrected chi connectivity index (χ1v) is 7.94. The molecule has 3 heterocycles. The molecule has 0 aromatic carbocycles. The molecule has 3 rings (SSSR count). The third-order valence-electron chi connectivity index (χ3n) is 3.83. The zero-order chi connectivity index (χ0) is 14.7. The van der Waals surface area contributed by atoms with Crippen molar-refractivity contribution >= 4 is 17.3 Å². The molecule has 0 radical (unpaired) electrons. The number of hydrogen-bond donors (Lipinski definition) is 0. The van der Waals surface area contributed by atoms with Crippen molar-refractivity contribution in [2.45, 2.75) is 19.4 Å². The van der Waals surface area contributed by atoms with E-state index in [0.717, 1.165) is 48.8 Å². The highest BCUT2D eigenvalue weighted by molar-refractivity contribution is 7.13. The van der Waals surface area contributed by atoms with E-state index in [0.29, 0.717) is 0 Å². The Morgan fingerprint density at radius 1 is 1.52 bits per heavy atom. The van der Waals surface area contributed by atoms with Gasteiger partial charge in [-0.1, -0.05) is 11.2 Å². The van der Waals surface area contributed by atoms with E-state index in [9.17, 15) is 4.79 Å². The smallest absolute Gasteiger partial charge is 0.308 e. The third-order valence-corrected chi connectivity index (χ3v) is 4.72. The van der Waals surface area contributed by atoms with Gasteiger partial charge in [-0.25, -0.2) is 0 Å². The summed E-state index contributed by atoms with van der Waals surface area (Å²) in [5.74, 6) is 0.783. The largest absolute Gasteiger partial charge is 0.469 e. The number of likely N-dealkylation sites (tertiary alicyclic amines) is 1. The average Bonchev–Trinajstić information content (AvgIpc) is 3.18. The lowest BCUT2D eigenvalue weighted by Crippen LogP contribution is -2.36. The number of piperidine rings is 1. The van der Waals surface area contributed by atoms with Crippen LogP contribution in [0.25, 0.3) is 10.6 Å². The summed E-state index contributed by atoms with van der Waals surface area (Å²) in [6.07, 6.45) is 1.70. The van der Waals surface area contributed by atoms with Crippen LogP contribution in [0.1, 0.15) is 18.5 Å². The lowest BCUT2D eigenvalue weighted by Gasteiger charge is -2.29. The van der Waals surface area contributed by atoms with Gasteiger partial charge in [-0.2, -0.15) is 0 Å². The first-order chi connectivity index (χ1) is 10.3. The van der Waals surface area contributed by atoms with Crippen molar-refractivity contribution in [1.29, 1.82) is 0 Å². The van der Waals surface area contributed by atoms with Gasteiger partial charge in [0, 0.05) is 12.6 Å². The molecule has 0 atom stereocenters. The SMILES string of the molecule is COC(=O)C1CCN(Cc2cc(-c3cccs3)on2)CC1. The summed E-state index contributed by atoms with van der Waals surface area (Å²) < 4.78 is 10.2. The number of thiophene rings is 1. The van der Waals surface area contributed by atoms with Crippen LogP contribution in [0.5, 0.6) is 0 Å². The minimum absolute atomic E-state index is 0.0465. The van der Waals surface area contributed by atoms with Gasteiger partial charge in [0.2, 0.25) is 0 Å². The molecule has 2 aromatic rings. The molecular formula is C15H18N2O3S. The van der Waals surface area contributed by atoms with E-state index in [1.807, 2.05) is 23.6 Å². The van der Waals surface area contributed by atoms with Crippen LogP contribution in [0.15, 0.2) is 28.1 Å². The predicted molar refractivity (Wildman–Crippen MR) is 79.8 cm³/mol. The Hall–Kier alpha value is -1.66. The van der Waals surface area contributed by atoms with E-state index in [4.69, 9.17) is 9.26 Å². The van der Waals surface area contributed by atoms with Gasteiger partial charge < -0.3 is 9.26 Å². The van der Waals surface area contributed by atoms with Crippen LogP contribution < -0.4 is 0 Å². The standard InChI is InChI=1S/C15H18N2O3S/c1-19-15(18)11-4-6-17(7-5-11)10-12-9-13(20-16-12)14-3-2-8-21-14/h2-3,8-9,11H,4-7,10H2,1H3. The Bertz CT molecular complexity index is 586. The van der Waals surface area contributed by atoms with Crippen LogP contribution in [-0.4, -0.2) is 36.2 Å². The average molecular weight is 306 g/mol. The van der Waals surface area contributed by atoms with Crippen molar-refractivity contribution in [3.63, 3.8) is 0 Å². The van der Waals surface area contributed by atoms with Crippen molar-refractivity contribution < 1.29 is 14.1 Å². The molecular weight excluding hydrogens is 288 g/mol. The quantitative estimate of drug-likeness (QED) is 0.813. The molecule has 112 valence electrons. The molecule has 0 amide bonds. The minimum atomic E-state index is -0.0870. The van der Waals surface area contributed by atoms with Crippen molar-refractivity contribution in [2.24, 2.45) is 5.92 Å². The van der Waals surface area contributed by atoms with Gasteiger partial charge in [-0.15, -0.1) is 11.3 Å². The second-order valence-corrected chi connectivity index (χ2v) is 6.18. The summed E-state index contributed by atoms with van der Waals surface area (Å²) in [5.41, 5.74) is 0.940. The van der Waals surface area contributed by atoms with Crippen molar-refractivity contribution in [2.75, 3.05) is 20.2 Å². The number of aromatic nitrogens is 1. The zero-order valence-corrected chi connectivity index (χ0v) is 12.8. The molecule has 6 heteroatoms. The maximum atomic E-state index is 11.5. The summed E-state index contributed by atoms with van der Waals surface area (Å²) in [6, 6.07) is 6.02. The second-order valence-electron chi connectivity index (χ2n) is 5.23. The van der Waals surface area contributed by atoms with Crippen LogP contribution in [0.2, 0.25) is 0 Å². The Morgan fingerprint density at radius 3 is 3.00 bits per heavy atom. The number of carbonyl (C=O) groups excluding carboxylic acids is 1. The fourth-order valence-electron chi connectivity index (χ4n) is 2.64. The molecule has 2 aromatic heterocycles. The predicted octanol–water partition coefficient (Wildman–Crippen LogP) is 2.79. The third kappa shape index (κ3) is 3.33. The molecule has 0 unspecified atom stereocenters. The molecule has 0 saturated carbocycles. The van der Waals surface area contributed by atoms with Gasteiger partial charge in [-0.3, -0.25) is 9.69 Å². The molecule has 1 aliphatic heterocycles. The summed E-state index contributed by atoms with van der Waals surface area (Å²) in [5, 5.41) is 6.16. The van der Waals surface area contributed by atoms with E-state index in [1.54, 1.807) is 11.3 Å². The van der Waals surface area contributed by atoms with E-state index < -0.39 is 0 Å². The van der Waals surface area contributed by atoms with Crippen molar-refractivity contribution in [3.8, 4) is 10.6 Å². The molecule has 0 bridgehead atoms. The van der Waals surface area contributed by atoms with Gasteiger partial charge in [0.15, 0.2) is 5.76 Å². The van der Waals surface area contributed by atoms with Crippen molar-refractivity contribution in [3.05, 3.63) is 29.3 Å². The van der Waals surface area contributed by atoms with Gasteiger partial charge in [0.05, 0.1) is 23.6 Å². The number of ether oxygens (including phenoxy) is 1. The van der Waals surface area contributed by atoms with Crippen LogP contribution in [0, 0.1) is 5.92 Å². The summed E-state index contributed by atoms with van der Waals surface area (Å²) >= 11 is 1.64. The molecule has 0 N–H and O–H groups in total. The van der Waals surface area contributed by atoms with E-state index in [1.165, 1.54) is 7.11 Å². The molecule has 0 spiro atoms. The summed E-state index contributed by atoms with van der Waals surface area (Å²) in [7, 11) is 1.45. The van der Waals surface area contributed by atoms with E-state index in [2.05, 4.69) is 10.1 Å². The topological polar surface area (TPSA) is 55.6 Å². The van der Waals surface area contributed by atoms with Crippen LogP contribution in [0.3, 0.4) is 0 Å². The first kappa shape index (κ1) is 14.3. The maximum Gasteiger partial charge on any atom is 0.308 e. The van der Waals surface area contributed by atoms with Gasteiger partial charge in [0.25, 0.3) is 0 Å². The second kappa shape index (κ2) is 6.41. The zero-order valence-electron chi connectivity index (χ0n) is 11.9. The van der Waals surface area contributed by atoms with E-state index in [-0.39, 0.29) is 11.9 Å². The van der Waals surface area contributed by atoms with Crippen LogP contribution in [0.4, 0.5) is 0 Å². The van der Waals surface area contributed by atoms with Gasteiger partial charge >= 0.3 is 5.97 Å². The molecule has 1 saturated heterocycles. The van der Waals surface area contributed by atoms with Gasteiger partial charge in [-0.05, 0) is 37.4 Å². The Morgan fingerprint density at radius 2 is 2.33 bits per heavy atom. The highest BCUT2D eigenvalue weighted by Crippen LogP contribution is 2.26. The molecule has 0 aliphatic carbocycles. The monoisotopic (exact) mass is 306 g/mol. The lowest BCUT2D eigenvalue weighted by atomic mass is 9.97. The number of hydrogen-bond acceptors (Lipinski definition) is 6. The van der Waals surface area contributed by atoms with Crippen LogP contribution >= 0.6 is 11.3 Å². The summed E-state index contributed by atoms with van der Waals surface area (Å²) in [6.45, 7) is 2.55. The highest BCUT2D eigenvalue weighted by Gasteiger charge is 2.26. The summed E-state index contributed by atoms with van der Waals surface area (Å²) in [4.78, 5) is 14.9. The Kier molecular flexibility index (Phi) is 4.36. The highest BCUT2D eigenvalue weighted by atomic mass is 32.1. The Labute approximate surface area is 127 Å². The molecule has 21 heavy (non-hydrogen) atoms. The number of nitrogens with zero attached hydrogens (tertiary/aromatic N) is 2. The van der Waals surface area contributed by atoms with E-state index >= 15 is 0 Å². The van der Waals surface area contributed by atoms with Gasteiger partial charge in [0.1, 0.15) is 0 Å². The molecule has 1 fully saturated rings. The number of carbonyl (C=O) groups is 1. The number of methoxy groups -OCH3 is 1. The minimum Gasteiger partial charge on any atom is -0.469 e. The number of esters is 1. The normalized spacial score (nSPS) is 17.0. The maximum absolute atomic E-state index is 11.5. The van der Waals surface area contributed by atoms with Crippen LogP contribution in [-0.2, 0) is 16.1 Å². The van der Waals surface area contributed by atoms with Crippen molar-refractivity contribution in [1.82, 2.24) is 10.1 Å². The first-order valence-electron chi connectivity index (χ1n) is 7.06. The fourth-order valence-corrected chi connectivity index (χ4v) is 3.32. The molecule has 1 aliphatic rings. The fraction of sp³-hybridized carbons (Fsp3) is 0.467. The molecule has 5 nitrogen and oxygen atoms in total. The number of rotatable bonds is 4.